The van der Waals surface area contributed by atoms with Crippen molar-refractivity contribution in [2.24, 2.45) is 0 Å². The molecule has 2 rings (SSSR count). The van der Waals surface area contributed by atoms with Gasteiger partial charge in [-0.3, -0.25) is 0 Å². The van der Waals surface area contributed by atoms with E-state index in [0.29, 0.717) is 11.6 Å². The number of aryl methyl sites for hydroxylation is 1. The third-order valence-electron chi connectivity index (χ3n) is 1.96. The summed E-state index contributed by atoms with van der Waals surface area (Å²) < 4.78 is 6.40. The number of rotatable bonds is 2. The predicted octanol–water partition coefficient (Wildman–Crippen LogP) is 3.65. The normalized spacial score (nSPS) is 10.1. The Kier molecular flexibility index (Phi) is 3.10. The maximum Gasteiger partial charge on any atom is 0.219 e. The fourth-order valence-corrected chi connectivity index (χ4v) is 1.57. The number of phenolic OH excluding ortho intramolecular Hbond substituents is 1. The van der Waals surface area contributed by atoms with Crippen LogP contribution in [0.15, 0.2) is 41.0 Å². The van der Waals surface area contributed by atoms with Gasteiger partial charge in [-0.25, -0.2) is 4.98 Å². The molecule has 1 aromatic heterocycles. The van der Waals surface area contributed by atoms with Crippen molar-refractivity contribution >= 4 is 15.9 Å². The molecule has 1 heterocycles. The van der Waals surface area contributed by atoms with Gasteiger partial charge in [-0.15, -0.1) is 0 Å². The number of phenols is 1. The molecule has 0 saturated heterocycles. The second kappa shape index (κ2) is 4.53. The van der Waals surface area contributed by atoms with Gasteiger partial charge in [-0.1, -0.05) is 0 Å². The quantitative estimate of drug-likeness (QED) is 0.913. The van der Waals surface area contributed by atoms with Gasteiger partial charge >= 0.3 is 0 Å². The number of hydrogen-bond acceptors (Lipinski definition) is 3. The third kappa shape index (κ3) is 2.73. The first-order valence-electron chi connectivity index (χ1n) is 4.73. The summed E-state index contributed by atoms with van der Waals surface area (Å²) in [4.78, 5) is 4.08. The van der Waals surface area contributed by atoms with Crippen LogP contribution in [0.1, 0.15) is 5.56 Å². The number of hydrogen-bond donors (Lipinski definition) is 1. The SMILES string of the molecule is Cc1cc(O)cc(Oc2ccc(Br)cn2)c1. The molecule has 0 spiro atoms. The summed E-state index contributed by atoms with van der Waals surface area (Å²) in [7, 11) is 0. The molecular formula is C12H10BrNO2. The number of ether oxygens (including phenoxy) is 1. The Balaban J connectivity index is 2.23. The van der Waals surface area contributed by atoms with E-state index in [4.69, 9.17) is 4.74 Å². The standard InChI is InChI=1S/C12H10BrNO2/c1-8-4-10(15)6-11(5-8)16-12-3-2-9(13)7-14-12/h2-7,15H,1H3. The second-order valence-corrected chi connectivity index (χ2v) is 4.34. The number of halogens is 1. The van der Waals surface area contributed by atoms with Crippen LogP contribution in [-0.2, 0) is 0 Å². The number of aromatic hydroxyl groups is 1. The molecule has 0 bridgehead atoms. The summed E-state index contributed by atoms with van der Waals surface area (Å²) in [5, 5.41) is 9.41. The number of nitrogens with zero attached hydrogens (tertiary/aromatic N) is 1. The molecule has 0 saturated carbocycles. The van der Waals surface area contributed by atoms with Crippen molar-refractivity contribution in [3.05, 3.63) is 46.6 Å². The van der Waals surface area contributed by atoms with Crippen molar-refractivity contribution in [3.8, 4) is 17.4 Å². The molecule has 0 amide bonds. The van der Waals surface area contributed by atoms with E-state index >= 15 is 0 Å². The van der Waals surface area contributed by atoms with Gasteiger partial charge in [-0.2, -0.15) is 0 Å². The molecule has 1 aromatic carbocycles. The van der Waals surface area contributed by atoms with Crippen LogP contribution in [0.25, 0.3) is 0 Å². The summed E-state index contributed by atoms with van der Waals surface area (Å²) in [6.45, 7) is 1.89. The lowest BCUT2D eigenvalue weighted by atomic mass is 10.2. The molecule has 1 N–H and O–H groups in total. The Labute approximate surface area is 102 Å². The third-order valence-corrected chi connectivity index (χ3v) is 2.43. The fourth-order valence-electron chi connectivity index (χ4n) is 1.33. The van der Waals surface area contributed by atoms with Crippen molar-refractivity contribution in [1.82, 2.24) is 4.98 Å². The lowest BCUT2D eigenvalue weighted by Crippen LogP contribution is -1.87. The molecule has 4 heteroatoms. The zero-order valence-corrected chi connectivity index (χ0v) is 10.2. The Morgan fingerprint density at radius 3 is 2.69 bits per heavy atom. The lowest BCUT2D eigenvalue weighted by molar-refractivity contribution is 0.445. The Bertz CT molecular complexity index is 477. The highest BCUT2D eigenvalue weighted by Gasteiger charge is 2.01. The zero-order chi connectivity index (χ0) is 11.5. The van der Waals surface area contributed by atoms with Crippen molar-refractivity contribution in [3.63, 3.8) is 0 Å². The van der Waals surface area contributed by atoms with Crippen LogP contribution in [0.4, 0.5) is 0 Å². The average Bonchev–Trinajstić information content (AvgIpc) is 2.20. The summed E-state index contributed by atoms with van der Waals surface area (Å²) >= 11 is 3.30. The molecule has 0 aliphatic rings. The first-order chi connectivity index (χ1) is 7.63. The minimum absolute atomic E-state index is 0.187. The highest BCUT2D eigenvalue weighted by atomic mass is 79.9. The van der Waals surface area contributed by atoms with E-state index in [0.717, 1.165) is 10.0 Å². The smallest absolute Gasteiger partial charge is 0.219 e. The van der Waals surface area contributed by atoms with E-state index in [1.165, 1.54) is 0 Å². The van der Waals surface area contributed by atoms with E-state index in [9.17, 15) is 5.11 Å². The molecule has 82 valence electrons. The number of benzene rings is 1. The molecule has 0 unspecified atom stereocenters. The molecule has 16 heavy (non-hydrogen) atoms. The van der Waals surface area contributed by atoms with E-state index in [1.54, 1.807) is 24.4 Å². The van der Waals surface area contributed by atoms with Gasteiger partial charge in [0.15, 0.2) is 0 Å². The monoisotopic (exact) mass is 279 g/mol. The summed E-state index contributed by atoms with van der Waals surface area (Å²) in [5.74, 6) is 1.26. The predicted molar refractivity (Wildman–Crippen MR) is 64.9 cm³/mol. The van der Waals surface area contributed by atoms with Crippen LogP contribution in [-0.4, -0.2) is 10.1 Å². The maximum absolute atomic E-state index is 9.41. The minimum Gasteiger partial charge on any atom is -0.508 e. The second-order valence-electron chi connectivity index (χ2n) is 3.42. The van der Waals surface area contributed by atoms with Crippen LogP contribution in [0.5, 0.6) is 17.4 Å². The van der Waals surface area contributed by atoms with Crippen LogP contribution in [0.3, 0.4) is 0 Å². The van der Waals surface area contributed by atoms with Gasteiger partial charge in [0.2, 0.25) is 5.88 Å². The van der Waals surface area contributed by atoms with Gasteiger partial charge in [0.05, 0.1) is 0 Å². The molecule has 0 fully saturated rings. The molecule has 0 radical (unpaired) electrons. The Morgan fingerprint density at radius 1 is 1.25 bits per heavy atom. The first kappa shape index (κ1) is 11.0. The van der Waals surface area contributed by atoms with E-state index in [2.05, 4.69) is 20.9 Å². The first-order valence-corrected chi connectivity index (χ1v) is 5.53. The van der Waals surface area contributed by atoms with E-state index in [-0.39, 0.29) is 5.75 Å². The van der Waals surface area contributed by atoms with Gasteiger partial charge in [0, 0.05) is 22.8 Å². The molecule has 0 aliphatic heterocycles. The summed E-state index contributed by atoms with van der Waals surface area (Å²) in [6, 6.07) is 8.66. The van der Waals surface area contributed by atoms with Crippen LogP contribution in [0, 0.1) is 6.92 Å². The molecule has 0 atom stereocenters. The van der Waals surface area contributed by atoms with E-state index < -0.39 is 0 Å². The highest BCUT2D eigenvalue weighted by molar-refractivity contribution is 9.10. The van der Waals surface area contributed by atoms with Crippen molar-refractivity contribution in [1.29, 1.82) is 0 Å². The Hall–Kier alpha value is -1.55. The van der Waals surface area contributed by atoms with Crippen LogP contribution in [0.2, 0.25) is 0 Å². The molecular weight excluding hydrogens is 270 g/mol. The van der Waals surface area contributed by atoms with Crippen molar-refractivity contribution < 1.29 is 9.84 Å². The lowest BCUT2D eigenvalue weighted by Gasteiger charge is -2.06. The van der Waals surface area contributed by atoms with Crippen molar-refractivity contribution in [2.45, 2.75) is 6.92 Å². The van der Waals surface area contributed by atoms with E-state index in [1.807, 2.05) is 19.1 Å². The molecule has 2 aromatic rings. The highest BCUT2D eigenvalue weighted by Crippen LogP contribution is 2.25. The van der Waals surface area contributed by atoms with Crippen LogP contribution >= 0.6 is 15.9 Å². The minimum atomic E-state index is 0.187. The molecule has 0 aliphatic carbocycles. The Morgan fingerprint density at radius 2 is 2.06 bits per heavy atom. The molecule has 3 nitrogen and oxygen atoms in total. The number of aromatic nitrogens is 1. The van der Waals surface area contributed by atoms with Crippen LogP contribution < -0.4 is 4.74 Å². The summed E-state index contributed by atoms with van der Waals surface area (Å²) in [5.41, 5.74) is 0.937. The van der Waals surface area contributed by atoms with Gasteiger partial charge in [-0.05, 0) is 46.6 Å². The maximum atomic E-state index is 9.41. The van der Waals surface area contributed by atoms with Crippen molar-refractivity contribution in [2.75, 3.05) is 0 Å². The summed E-state index contributed by atoms with van der Waals surface area (Å²) in [6.07, 6.45) is 1.66. The fraction of sp³-hybridized carbons (Fsp3) is 0.0833. The topological polar surface area (TPSA) is 42.4 Å². The van der Waals surface area contributed by atoms with Gasteiger partial charge in [0.25, 0.3) is 0 Å². The zero-order valence-electron chi connectivity index (χ0n) is 8.64. The van der Waals surface area contributed by atoms with Gasteiger partial charge < -0.3 is 9.84 Å². The van der Waals surface area contributed by atoms with Gasteiger partial charge in [0.1, 0.15) is 11.5 Å². The average molecular weight is 280 g/mol. The number of pyridine rings is 1. The largest absolute Gasteiger partial charge is 0.508 e.